The van der Waals surface area contributed by atoms with Crippen LogP contribution < -0.4 is 0 Å². The fourth-order valence-corrected chi connectivity index (χ4v) is 1.94. The first-order chi connectivity index (χ1) is 10.2. The topological polar surface area (TPSA) is 63.0 Å². The molecule has 0 aliphatic rings. The summed E-state index contributed by atoms with van der Waals surface area (Å²) >= 11 is 0. The lowest BCUT2D eigenvalue weighted by molar-refractivity contribution is 0.0500. The monoisotopic (exact) mass is 280 g/mol. The zero-order chi connectivity index (χ0) is 15.1. The van der Waals surface area contributed by atoms with Crippen molar-refractivity contribution in [2.45, 2.75) is 19.8 Å². The number of rotatable bonds is 5. The number of hydrogen-bond donors (Lipinski definition) is 0. The highest BCUT2D eigenvalue weighted by Crippen LogP contribution is 2.19. The molecule has 0 saturated carbocycles. The molecule has 0 radical (unpaired) electrons. The van der Waals surface area contributed by atoms with E-state index >= 15 is 0 Å². The van der Waals surface area contributed by atoms with Gasteiger partial charge in [0.25, 0.3) is 0 Å². The van der Waals surface area contributed by atoms with Crippen LogP contribution in [0.4, 0.5) is 0 Å². The Balaban J connectivity index is 2.09. The Morgan fingerprint density at radius 3 is 2.67 bits per heavy atom. The molecule has 0 aliphatic carbocycles. The van der Waals surface area contributed by atoms with Crippen molar-refractivity contribution < 1.29 is 9.53 Å². The zero-order valence-corrected chi connectivity index (χ0v) is 11.9. The number of hydrogen-bond acceptors (Lipinski definition) is 4. The number of carbonyl (C=O) groups excluding carboxylic acids is 1. The van der Waals surface area contributed by atoms with E-state index in [1.165, 1.54) is 0 Å². The summed E-state index contributed by atoms with van der Waals surface area (Å²) in [4.78, 5) is 16.4. The number of aryl methyl sites for hydroxylation is 1. The van der Waals surface area contributed by atoms with Gasteiger partial charge in [-0.15, -0.1) is 0 Å². The van der Waals surface area contributed by atoms with Crippen molar-refractivity contribution in [3.05, 3.63) is 53.7 Å². The lowest BCUT2D eigenvalue weighted by atomic mass is 10.1. The quantitative estimate of drug-likeness (QED) is 0.621. The first-order valence-electron chi connectivity index (χ1n) is 6.79. The summed E-state index contributed by atoms with van der Waals surface area (Å²) in [6.45, 7) is 2.05. The number of esters is 1. The second kappa shape index (κ2) is 7.20. The Morgan fingerprint density at radius 1 is 1.24 bits per heavy atom. The maximum Gasteiger partial charge on any atom is 0.339 e. The summed E-state index contributed by atoms with van der Waals surface area (Å²) in [5.41, 5.74) is 2.94. The molecular formula is C17H16N2O2. The van der Waals surface area contributed by atoms with Crippen molar-refractivity contribution in [1.29, 1.82) is 5.26 Å². The van der Waals surface area contributed by atoms with Crippen LogP contribution in [0.5, 0.6) is 0 Å². The third kappa shape index (κ3) is 3.90. The van der Waals surface area contributed by atoms with Gasteiger partial charge in [-0.25, -0.2) is 4.79 Å². The first-order valence-corrected chi connectivity index (χ1v) is 6.79. The number of unbranched alkanes of at least 4 members (excludes halogenated alkanes) is 1. The van der Waals surface area contributed by atoms with E-state index in [1.54, 1.807) is 13.0 Å². The van der Waals surface area contributed by atoms with Gasteiger partial charge >= 0.3 is 5.97 Å². The zero-order valence-electron chi connectivity index (χ0n) is 11.9. The predicted octanol–water partition coefficient (Wildman–Crippen LogP) is 3.52. The normalized spacial score (nSPS) is 9.90. The fraction of sp³-hybridized carbons (Fsp3) is 0.235. The van der Waals surface area contributed by atoms with Gasteiger partial charge in [0.1, 0.15) is 0 Å². The van der Waals surface area contributed by atoms with Crippen LogP contribution in [0.2, 0.25) is 0 Å². The molecule has 0 atom stereocenters. The minimum atomic E-state index is -0.391. The highest BCUT2D eigenvalue weighted by molar-refractivity contribution is 5.90. The number of carbonyl (C=O) groups is 1. The Bertz CT molecular complexity index is 660. The molecule has 0 N–H and O–H groups in total. The molecule has 0 unspecified atom stereocenters. The van der Waals surface area contributed by atoms with Crippen molar-refractivity contribution >= 4 is 5.97 Å². The van der Waals surface area contributed by atoms with Crippen molar-refractivity contribution in [3.8, 4) is 17.3 Å². The van der Waals surface area contributed by atoms with Gasteiger partial charge < -0.3 is 4.74 Å². The third-order valence-corrected chi connectivity index (χ3v) is 3.04. The molecule has 4 nitrogen and oxygen atoms in total. The molecule has 1 heterocycles. The van der Waals surface area contributed by atoms with Gasteiger partial charge in [0.2, 0.25) is 0 Å². The summed E-state index contributed by atoms with van der Waals surface area (Å²) in [5.74, 6) is -0.391. The van der Waals surface area contributed by atoms with Gasteiger partial charge in [-0.1, -0.05) is 30.3 Å². The molecule has 1 aromatic heterocycles. The van der Waals surface area contributed by atoms with E-state index in [0.29, 0.717) is 24.1 Å². The lowest BCUT2D eigenvalue weighted by Crippen LogP contribution is -2.09. The highest BCUT2D eigenvalue weighted by Gasteiger charge is 2.12. The molecule has 0 aliphatic heterocycles. The Kier molecular flexibility index (Phi) is 5.05. The Hall–Kier alpha value is -2.67. The number of nitriles is 1. The maximum atomic E-state index is 11.9. The average molecular weight is 280 g/mol. The second-order valence-electron chi connectivity index (χ2n) is 4.59. The number of benzene rings is 1. The molecule has 1 aromatic carbocycles. The highest BCUT2D eigenvalue weighted by atomic mass is 16.5. The van der Waals surface area contributed by atoms with E-state index in [9.17, 15) is 4.79 Å². The Morgan fingerprint density at radius 2 is 2.00 bits per heavy atom. The molecule has 2 rings (SSSR count). The van der Waals surface area contributed by atoms with Gasteiger partial charge in [-0.3, -0.25) is 4.98 Å². The molecule has 2 aromatic rings. The lowest BCUT2D eigenvalue weighted by Gasteiger charge is -2.08. The van der Waals surface area contributed by atoms with Crippen molar-refractivity contribution in [2.75, 3.05) is 6.61 Å². The van der Waals surface area contributed by atoms with Crippen LogP contribution in [0.25, 0.3) is 11.3 Å². The summed E-state index contributed by atoms with van der Waals surface area (Å²) in [6.07, 6.45) is 0.939. The van der Waals surface area contributed by atoms with Crippen LogP contribution in [-0.4, -0.2) is 17.6 Å². The SMILES string of the molecule is Cc1nc(-c2ccccc2)ccc1C(=O)OCCCC#N. The van der Waals surface area contributed by atoms with E-state index in [2.05, 4.69) is 4.98 Å². The molecule has 4 heteroatoms. The third-order valence-electron chi connectivity index (χ3n) is 3.04. The predicted molar refractivity (Wildman–Crippen MR) is 79.5 cm³/mol. The van der Waals surface area contributed by atoms with E-state index in [-0.39, 0.29) is 6.61 Å². The van der Waals surface area contributed by atoms with Crippen molar-refractivity contribution in [1.82, 2.24) is 4.98 Å². The fourth-order valence-electron chi connectivity index (χ4n) is 1.94. The van der Waals surface area contributed by atoms with Crippen LogP contribution in [0, 0.1) is 18.3 Å². The molecule has 0 fully saturated rings. The summed E-state index contributed by atoms with van der Waals surface area (Å²) < 4.78 is 5.13. The smallest absolute Gasteiger partial charge is 0.339 e. The summed E-state index contributed by atoms with van der Waals surface area (Å²) in [6, 6.07) is 15.4. The van der Waals surface area contributed by atoms with E-state index in [0.717, 1.165) is 11.3 Å². The van der Waals surface area contributed by atoms with E-state index in [1.807, 2.05) is 42.5 Å². The van der Waals surface area contributed by atoms with Crippen LogP contribution in [0.1, 0.15) is 28.9 Å². The van der Waals surface area contributed by atoms with E-state index in [4.69, 9.17) is 10.00 Å². The summed E-state index contributed by atoms with van der Waals surface area (Å²) in [7, 11) is 0. The number of pyridine rings is 1. The van der Waals surface area contributed by atoms with E-state index < -0.39 is 5.97 Å². The molecule has 0 amide bonds. The van der Waals surface area contributed by atoms with Crippen LogP contribution in [0.3, 0.4) is 0 Å². The minimum absolute atomic E-state index is 0.256. The molecule has 106 valence electrons. The van der Waals surface area contributed by atoms with Gasteiger partial charge in [0, 0.05) is 12.0 Å². The van der Waals surface area contributed by atoms with Crippen molar-refractivity contribution in [2.24, 2.45) is 0 Å². The van der Waals surface area contributed by atoms with Crippen LogP contribution in [-0.2, 0) is 4.74 Å². The van der Waals surface area contributed by atoms with Crippen molar-refractivity contribution in [3.63, 3.8) is 0 Å². The first kappa shape index (κ1) is 14.7. The number of nitrogens with zero attached hydrogens (tertiary/aromatic N) is 2. The molecule has 0 saturated heterocycles. The molecule has 0 bridgehead atoms. The van der Waals surface area contributed by atoms with Gasteiger partial charge in [0.05, 0.1) is 29.6 Å². The number of aromatic nitrogens is 1. The maximum absolute atomic E-state index is 11.9. The summed E-state index contributed by atoms with van der Waals surface area (Å²) in [5, 5.41) is 8.43. The van der Waals surface area contributed by atoms with Gasteiger partial charge in [-0.05, 0) is 25.5 Å². The van der Waals surface area contributed by atoms with Crippen LogP contribution in [0.15, 0.2) is 42.5 Å². The van der Waals surface area contributed by atoms with Gasteiger partial charge in [0.15, 0.2) is 0 Å². The van der Waals surface area contributed by atoms with Crippen LogP contribution >= 0.6 is 0 Å². The molecular weight excluding hydrogens is 264 g/mol. The van der Waals surface area contributed by atoms with Gasteiger partial charge in [-0.2, -0.15) is 5.26 Å². The second-order valence-corrected chi connectivity index (χ2v) is 4.59. The Labute approximate surface area is 124 Å². The standard InChI is InChI=1S/C17H16N2O2/c1-13-15(17(20)21-12-6-5-11-18)9-10-16(19-13)14-7-3-2-4-8-14/h2-4,7-10H,5-6,12H2,1H3. The largest absolute Gasteiger partial charge is 0.462 e. The average Bonchev–Trinajstić information content (AvgIpc) is 2.52. The molecule has 21 heavy (non-hydrogen) atoms. The molecule has 0 spiro atoms. The number of ether oxygens (including phenoxy) is 1. The minimum Gasteiger partial charge on any atom is -0.462 e.